The molecular formula is C24H28O4. The second-order valence-electron chi connectivity index (χ2n) is 7.49. The maximum atomic E-state index is 11.2. The van der Waals surface area contributed by atoms with E-state index in [2.05, 4.69) is 19.6 Å². The monoisotopic (exact) mass is 380 g/mol. The van der Waals surface area contributed by atoms with E-state index in [4.69, 9.17) is 14.2 Å². The molecule has 0 bridgehead atoms. The number of benzene rings is 2. The van der Waals surface area contributed by atoms with Gasteiger partial charge in [-0.05, 0) is 74.1 Å². The van der Waals surface area contributed by atoms with Gasteiger partial charge in [-0.15, -0.1) is 0 Å². The van der Waals surface area contributed by atoms with Crippen molar-refractivity contribution in [3.05, 3.63) is 70.3 Å². The second kappa shape index (κ2) is 8.51. The lowest BCUT2D eigenvalue weighted by Gasteiger charge is -2.35. The Kier molecular flexibility index (Phi) is 6.08. The summed E-state index contributed by atoms with van der Waals surface area (Å²) in [5.41, 5.74) is 6.61. The highest BCUT2D eigenvalue weighted by molar-refractivity contribution is 5.53. The Morgan fingerprint density at radius 2 is 2.07 bits per heavy atom. The molecule has 0 heterocycles. The van der Waals surface area contributed by atoms with Gasteiger partial charge in [-0.1, -0.05) is 24.3 Å². The first-order valence-corrected chi connectivity index (χ1v) is 9.59. The van der Waals surface area contributed by atoms with E-state index in [1.54, 1.807) is 7.11 Å². The molecule has 1 aliphatic carbocycles. The Hall–Kier alpha value is -2.75. The third-order valence-electron chi connectivity index (χ3n) is 5.64. The fourth-order valence-electron chi connectivity index (χ4n) is 4.13. The maximum absolute atomic E-state index is 11.2. The Labute approximate surface area is 167 Å². The summed E-state index contributed by atoms with van der Waals surface area (Å²) in [4.78, 5) is 11.2. The summed E-state index contributed by atoms with van der Waals surface area (Å²) >= 11 is 0. The van der Waals surface area contributed by atoms with Gasteiger partial charge >= 0.3 is 0 Å². The van der Waals surface area contributed by atoms with Gasteiger partial charge in [0.05, 0.1) is 7.11 Å². The lowest BCUT2D eigenvalue weighted by Crippen LogP contribution is -2.25. The van der Waals surface area contributed by atoms with Crippen molar-refractivity contribution in [3.63, 3.8) is 0 Å². The molecule has 0 saturated heterocycles. The normalized spacial score (nSPS) is 18.1. The Bertz CT molecular complexity index is 884. The van der Waals surface area contributed by atoms with Gasteiger partial charge in [-0.25, -0.2) is 0 Å². The fourth-order valence-corrected chi connectivity index (χ4v) is 4.13. The number of fused-ring (bicyclic) bond motifs is 1. The van der Waals surface area contributed by atoms with E-state index >= 15 is 0 Å². The standard InChI is InChI=1S/C24H28O4/c1-15(2)20-9-10-21-16(3)11-22(17(4)23(21)24(20)28-14-25)27-13-18-7-6-8-19(12-18)26-5/h6-8,11-12,14,20,24H,1,9-10,13H2,2-5H3/t20-,24+/m0/s1. The van der Waals surface area contributed by atoms with Crippen molar-refractivity contribution in [3.8, 4) is 11.5 Å². The van der Waals surface area contributed by atoms with Crippen molar-refractivity contribution in [2.75, 3.05) is 7.11 Å². The lowest BCUT2D eigenvalue weighted by molar-refractivity contribution is -0.136. The fraction of sp³-hybridized carbons (Fsp3) is 0.375. The molecule has 2 aromatic carbocycles. The van der Waals surface area contributed by atoms with E-state index in [0.29, 0.717) is 13.1 Å². The molecule has 4 nitrogen and oxygen atoms in total. The van der Waals surface area contributed by atoms with Crippen LogP contribution in [-0.2, 0) is 22.6 Å². The summed E-state index contributed by atoms with van der Waals surface area (Å²) in [6.45, 7) is 11.2. The van der Waals surface area contributed by atoms with Crippen LogP contribution < -0.4 is 9.47 Å². The Morgan fingerprint density at radius 1 is 1.29 bits per heavy atom. The van der Waals surface area contributed by atoms with E-state index in [-0.39, 0.29) is 12.0 Å². The van der Waals surface area contributed by atoms with Gasteiger partial charge < -0.3 is 14.2 Å². The van der Waals surface area contributed by atoms with Crippen molar-refractivity contribution >= 4 is 6.47 Å². The molecule has 0 saturated carbocycles. The van der Waals surface area contributed by atoms with E-state index in [1.165, 1.54) is 11.1 Å². The van der Waals surface area contributed by atoms with Crippen molar-refractivity contribution in [1.29, 1.82) is 0 Å². The smallest absolute Gasteiger partial charge is 0.293 e. The van der Waals surface area contributed by atoms with Crippen LogP contribution in [0.4, 0.5) is 0 Å². The summed E-state index contributed by atoms with van der Waals surface area (Å²) in [5, 5.41) is 0. The van der Waals surface area contributed by atoms with Crippen molar-refractivity contribution < 1.29 is 19.0 Å². The molecule has 4 heteroatoms. The van der Waals surface area contributed by atoms with Crippen LogP contribution in [0.5, 0.6) is 11.5 Å². The van der Waals surface area contributed by atoms with Gasteiger partial charge in [0.15, 0.2) is 0 Å². The molecule has 0 aromatic heterocycles. The molecule has 0 amide bonds. The molecule has 2 aromatic rings. The Morgan fingerprint density at radius 3 is 2.75 bits per heavy atom. The van der Waals surface area contributed by atoms with E-state index in [9.17, 15) is 4.79 Å². The van der Waals surface area contributed by atoms with Crippen LogP contribution in [-0.4, -0.2) is 13.6 Å². The predicted molar refractivity (Wildman–Crippen MR) is 110 cm³/mol. The highest BCUT2D eigenvalue weighted by Crippen LogP contribution is 2.45. The first kappa shape index (κ1) is 20.0. The summed E-state index contributed by atoms with van der Waals surface area (Å²) in [6, 6.07) is 9.94. The highest BCUT2D eigenvalue weighted by Gasteiger charge is 2.34. The topological polar surface area (TPSA) is 44.8 Å². The molecule has 0 N–H and O–H groups in total. The third-order valence-corrected chi connectivity index (χ3v) is 5.64. The summed E-state index contributed by atoms with van der Waals surface area (Å²) < 4.78 is 17.0. The number of aryl methyl sites for hydroxylation is 1. The van der Waals surface area contributed by atoms with Crippen LogP contribution in [0.1, 0.15) is 47.3 Å². The van der Waals surface area contributed by atoms with Crippen LogP contribution in [0, 0.1) is 19.8 Å². The number of carbonyl (C=O) groups excluding carboxylic acids is 1. The molecule has 0 aliphatic heterocycles. The quantitative estimate of drug-likeness (QED) is 0.486. The van der Waals surface area contributed by atoms with Crippen LogP contribution in [0.3, 0.4) is 0 Å². The van der Waals surface area contributed by atoms with Gasteiger partial charge in [0.2, 0.25) is 0 Å². The molecule has 3 rings (SSSR count). The van der Waals surface area contributed by atoms with Gasteiger partial charge in [-0.2, -0.15) is 0 Å². The zero-order valence-corrected chi connectivity index (χ0v) is 17.1. The number of rotatable bonds is 7. The molecular weight excluding hydrogens is 352 g/mol. The number of hydrogen-bond donors (Lipinski definition) is 0. The lowest BCUT2D eigenvalue weighted by atomic mass is 9.75. The molecule has 0 radical (unpaired) electrons. The van der Waals surface area contributed by atoms with Crippen LogP contribution in [0.2, 0.25) is 0 Å². The molecule has 28 heavy (non-hydrogen) atoms. The summed E-state index contributed by atoms with van der Waals surface area (Å²) in [5.74, 6) is 1.76. The number of hydrogen-bond acceptors (Lipinski definition) is 4. The molecule has 148 valence electrons. The summed E-state index contributed by atoms with van der Waals surface area (Å²) in [7, 11) is 1.65. The van der Waals surface area contributed by atoms with Crippen LogP contribution in [0.15, 0.2) is 42.5 Å². The van der Waals surface area contributed by atoms with Crippen LogP contribution in [0.25, 0.3) is 0 Å². The predicted octanol–water partition coefficient (Wildman–Crippen LogP) is 5.24. The largest absolute Gasteiger partial charge is 0.497 e. The zero-order chi connectivity index (χ0) is 20.3. The molecule has 2 atom stereocenters. The van der Waals surface area contributed by atoms with E-state index < -0.39 is 0 Å². The molecule has 0 fully saturated rings. The molecule has 1 aliphatic rings. The van der Waals surface area contributed by atoms with Gasteiger partial charge in [0.25, 0.3) is 6.47 Å². The minimum atomic E-state index is -0.308. The third kappa shape index (κ3) is 3.91. The average molecular weight is 380 g/mol. The van der Waals surface area contributed by atoms with Gasteiger partial charge in [0, 0.05) is 11.5 Å². The number of ether oxygens (including phenoxy) is 3. The zero-order valence-electron chi connectivity index (χ0n) is 17.1. The van der Waals surface area contributed by atoms with Gasteiger partial charge in [0.1, 0.15) is 24.2 Å². The van der Waals surface area contributed by atoms with Gasteiger partial charge in [-0.3, -0.25) is 4.79 Å². The van der Waals surface area contributed by atoms with E-state index in [1.807, 2.05) is 38.1 Å². The maximum Gasteiger partial charge on any atom is 0.293 e. The minimum Gasteiger partial charge on any atom is -0.497 e. The van der Waals surface area contributed by atoms with Crippen molar-refractivity contribution in [2.24, 2.45) is 5.92 Å². The molecule has 0 unspecified atom stereocenters. The van der Waals surface area contributed by atoms with Crippen molar-refractivity contribution in [2.45, 2.75) is 46.3 Å². The molecule has 0 spiro atoms. The number of carbonyl (C=O) groups is 1. The van der Waals surface area contributed by atoms with Crippen molar-refractivity contribution in [1.82, 2.24) is 0 Å². The summed E-state index contributed by atoms with van der Waals surface area (Å²) in [6.07, 6.45) is 1.58. The van der Waals surface area contributed by atoms with Crippen LogP contribution >= 0.6 is 0 Å². The first-order chi connectivity index (χ1) is 13.5. The average Bonchev–Trinajstić information content (AvgIpc) is 2.69. The SMILES string of the molecule is C=C(C)[C@@H]1CCc2c(C)cc(OCc3cccc(OC)c3)c(C)c2[C@@H]1OC=O. The first-order valence-electron chi connectivity index (χ1n) is 9.59. The minimum absolute atomic E-state index is 0.129. The highest BCUT2D eigenvalue weighted by atomic mass is 16.5. The number of methoxy groups -OCH3 is 1. The second-order valence-corrected chi connectivity index (χ2v) is 7.49. The van der Waals surface area contributed by atoms with E-state index in [0.717, 1.165) is 46.6 Å². The Balaban J connectivity index is 1.95.